The number of hydrogen-bond acceptors (Lipinski definition) is 5. The number of benzene rings is 1. The van der Waals surface area contributed by atoms with Gasteiger partial charge in [-0.15, -0.1) is 0 Å². The lowest BCUT2D eigenvalue weighted by molar-refractivity contribution is 0.105. The first-order valence-corrected chi connectivity index (χ1v) is 8.43. The van der Waals surface area contributed by atoms with Crippen molar-refractivity contribution in [2.75, 3.05) is 24.6 Å². The summed E-state index contributed by atoms with van der Waals surface area (Å²) in [5.41, 5.74) is 2.22. The number of hydrogen-bond donors (Lipinski definition) is 2. The van der Waals surface area contributed by atoms with Crippen molar-refractivity contribution in [1.29, 1.82) is 0 Å². The van der Waals surface area contributed by atoms with E-state index in [4.69, 9.17) is 0 Å². The van der Waals surface area contributed by atoms with Gasteiger partial charge in [0.25, 0.3) is 0 Å². The SMILES string of the molecule is OCC1(Cc2ccc(F)cc2)CCCN(c2ncnc3nc[nH]c23)C1. The molecule has 130 valence electrons. The number of imidazole rings is 1. The molecular formula is C18H20FN5O. The average molecular weight is 341 g/mol. The van der Waals surface area contributed by atoms with Gasteiger partial charge in [0.1, 0.15) is 17.7 Å². The number of rotatable bonds is 4. The summed E-state index contributed by atoms with van der Waals surface area (Å²) < 4.78 is 13.2. The molecule has 3 aromatic rings. The molecule has 6 nitrogen and oxygen atoms in total. The highest BCUT2D eigenvalue weighted by atomic mass is 19.1. The van der Waals surface area contributed by atoms with E-state index in [0.717, 1.165) is 36.3 Å². The molecule has 0 spiro atoms. The summed E-state index contributed by atoms with van der Waals surface area (Å²) in [5, 5.41) is 10.1. The van der Waals surface area contributed by atoms with Crippen LogP contribution in [-0.4, -0.2) is 44.7 Å². The van der Waals surface area contributed by atoms with Crippen LogP contribution in [0.5, 0.6) is 0 Å². The fourth-order valence-corrected chi connectivity index (χ4v) is 3.75. The number of H-pyrrole nitrogens is 1. The average Bonchev–Trinajstić information content (AvgIpc) is 3.13. The largest absolute Gasteiger partial charge is 0.396 e. The number of piperidine rings is 1. The van der Waals surface area contributed by atoms with E-state index < -0.39 is 0 Å². The molecule has 0 amide bonds. The maximum atomic E-state index is 13.2. The lowest BCUT2D eigenvalue weighted by atomic mass is 9.75. The first-order valence-electron chi connectivity index (χ1n) is 8.43. The van der Waals surface area contributed by atoms with Gasteiger partial charge < -0.3 is 15.0 Å². The number of fused-ring (bicyclic) bond motifs is 1. The molecule has 1 saturated heterocycles. The number of aliphatic hydroxyl groups excluding tert-OH is 1. The van der Waals surface area contributed by atoms with E-state index in [9.17, 15) is 9.50 Å². The summed E-state index contributed by atoms with van der Waals surface area (Å²) >= 11 is 0. The zero-order valence-corrected chi connectivity index (χ0v) is 13.8. The normalized spacial score (nSPS) is 21.0. The second kappa shape index (κ2) is 6.40. The Hall–Kier alpha value is -2.54. The van der Waals surface area contributed by atoms with Gasteiger partial charge in [-0.25, -0.2) is 19.3 Å². The Balaban J connectivity index is 1.62. The smallest absolute Gasteiger partial charge is 0.182 e. The topological polar surface area (TPSA) is 77.9 Å². The maximum Gasteiger partial charge on any atom is 0.182 e. The summed E-state index contributed by atoms with van der Waals surface area (Å²) in [7, 11) is 0. The minimum Gasteiger partial charge on any atom is -0.396 e. The van der Waals surface area contributed by atoms with Gasteiger partial charge in [-0.05, 0) is 37.0 Å². The van der Waals surface area contributed by atoms with Crippen LogP contribution in [0.1, 0.15) is 18.4 Å². The Labute approximate surface area is 144 Å². The van der Waals surface area contributed by atoms with E-state index in [0.29, 0.717) is 18.6 Å². The molecule has 2 aromatic heterocycles. The number of aliphatic hydroxyl groups is 1. The van der Waals surface area contributed by atoms with Crippen molar-refractivity contribution in [3.8, 4) is 0 Å². The van der Waals surface area contributed by atoms with Crippen molar-refractivity contribution in [3.63, 3.8) is 0 Å². The van der Waals surface area contributed by atoms with Crippen molar-refractivity contribution in [1.82, 2.24) is 19.9 Å². The number of anilines is 1. The Kier molecular flexibility index (Phi) is 4.09. The number of aromatic nitrogens is 4. The molecule has 0 bridgehead atoms. The van der Waals surface area contributed by atoms with E-state index in [2.05, 4.69) is 24.8 Å². The zero-order valence-electron chi connectivity index (χ0n) is 13.8. The van der Waals surface area contributed by atoms with Gasteiger partial charge in [0.2, 0.25) is 0 Å². The number of halogens is 1. The third-order valence-electron chi connectivity index (χ3n) is 4.99. The highest BCUT2D eigenvalue weighted by molar-refractivity contribution is 5.82. The van der Waals surface area contributed by atoms with Crippen LogP contribution in [0.2, 0.25) is 0 Å². The number of nitrogens with one attached hydrogen (secondary N) is 1. The Morgan fingerprint density at radius 1 is 1.20 bits per heavy atom. The highest BCUT2D eigenvalue weighted by Gasteiger charge is 2.36. The van der Waals surface area contributed by atoms with Crippen LogP contribution in [0.4, 0.5) is 10.2 Å². The van der Waals surface area contributed by atoms with Crippen molar-refractivity contribution < 1.29 is 9.50 Å². The molecule has 0 radical (unpaired) electrons. The summed E-state index contributed by atoms with van der Waals surface area (Å²) in [6.07, 6.45) is 5.73. The van der Waals surface area contributed by atoms with Crippen LogP contribution in [-0.2, 0) is 6.42 Å². The van der Waals surface area contributed by atoms with Crippen LogP contribution < -0.4 is 4.90 Å². The lowest BCUT2D eigenvalue weighted by Crippen LogP contribution is -2.47. The quantitative estimate of drug-likeness (QED) is 0.761. The van der Waals surface area contributed by atoms with Gasteiger partial charge >= 0.3 is 0 Å². The van der Waals surface area contributed by atoms with E-state index >= 15 is 0 Å². The van der Waals surface area contributed by atoms with Crippen LogP contribution >= 0.6 is 0 Å². The molecular weight excluding hydrogens is 321 g/mol. The summed E-state index contributed by atoms with van der Waals surface area (Å²) in [6.45, 7) is 1.64. The zero-order chi connectivity index (χ0) is 17.3. The molecule has 7 heteroatoms. The Morgan fingerprint density at radius 2 is 2.04 bits per heavy atom. The molecule has 1 unspecified atom stereocenters. The van der Waals surface area contributed by atoms with Crippen LogP contribution in [0.15, 0.2) is 36.9 Å². The minimum atomic E-state index is -0.270. The first-order chi connectivity index (χ1) is 12.2. The fourth-order valence-electron chi connectivity index (χ4n) is 3.75. The number of aromatic amines is 1. The highest BCUT2D eigenvalue weighted by Crippen LogP contribution is 2.36. The van der Waals surface area contributed by atoms with Gasteiger partial charge in [0.15, 0.2) is 11.5 Å². The van der Waals surface area contributed by atoms with E-state index in [1.807, 2.05) is 0 Å². The third kappa shape index (κ3) is 3.07. The van der Waals surface area contributed by atoms with Crippen LogP contribution in [0.25, 0.3) is 11.2 Å². The molecule has 25 heavy (non-hydrogen) atoms. The van der Waals surface area contributed by atoms with Gasteiger partial charge in [-0.1, -0.05) is 12.1 Å². The second-order valence-corrected chi connectivity index (χ2v) is 6.78. The molecule has 1 atom stereocenters. The molecule has 0 aliphatic carbocycles. The lowest BCUT2D eigenvalue weighted by Gasteiger charge is -2.42. The van der Waals surface area contributed by atoms with Crippen molar-refractivity contribution >= 4 is 17.0 Å². The van der Waals surface area contributed by atoms with Crippen molar-refractivity contribution in [2.24, 2.45) is 5.41 Å². The summed E-state index contributed by atoms with van der Waals surface area (Å²) in [4.78, 5) is 18.1. The van der Waals surface area contributed by atoms with E-state index in [1.165, 1.54) is 18.5 Å². The Morgan fingerprint density at radius 3 is 2.84 bits per heavy atom. The number of nitrogens with zero attached hydrogens (tertiary/aromatic N) is 4. The van der Waals surface area contributed by atoms with Gasteiger partial charge in [-0.3, -0.25) is 0 Å². The minimum absolute atomic E-state index is 0.0814. The molecule has 1 fully saturated rings. The van der Waals surface area contributed by atoms with E-state index in [1.54, 1.807) is 18.5 Å². The predicted octanol–water partition coefficient (Wildman–Crippen LogP) is 2.31. The molecule has 3 heterocycles. The van der Waals surface area contributed by atoms with Crippen molar-refractivity contribution in [3.05, 3.63) is 48.3 Å². The Bertz CT molecular complexity index is 865. The summed E-state index contributed by atoms with van der Waals surface area (Å²) in [6, 6.07) is 6.53. The fraction of sp³-hybridized carbons (Fsp3) is 0.389. The molecule has 1 aromatic carbocycles. The predicted molar refractivity (Wildman–Crippen MR) is 92.8 cm³/mol. The van der Waals surface area contributed by atoms with Crippen LogP contribution in [0.3, 0.4) is 0 Å². The maximum absolute atomic E-state index is 13.2. The molecule has 4 rings (SSSR count). The molecule has 2 N–H and O–H groups in total. The molecule has 1 aliphatic rings. The standard InChI is InChI=1S/C18H20FN5O/c19-14-4-2-13(3-5-14)8-18(10-25)6-1-7-24(9-18)17-15-16(21-11-20-15)22-12-23-17/h2-5,11-12,25H,1,6-10H2,(H,20,21,22,23). The van der Waals surface area contributed by atoms with E-state index in [-0.39, 0.29) is 17.8 Å². The summed E-state index contributed by atoms with van der Waals surface area (Å²) in [5.74, 6) is 0.578. The van der Waals surface area contributed by atoms with Gasteiger partial charge in [-0.2, -0.15) is 0 Å². The second-order valence-electron chi connectivity index (χ2n) is 6.78. The first kappa shape index (κ1) is 16.0. The van der Waals surface area contributed by atoms with Gasteiger partial charge in [0, 0.05) is 18.5 Å². The monoisotopic (exact) mass is 341 g/mol. The van der Waals surface area contributed by atoms with Gasteiger partial charge in [0.05, 0.1) is 12.9 Å². The van der Waals surface area contributed by atoms with Crippen molar-refractivity contribution in [2.45, 2.75) is 19.3 Å². The molecule has 0 saturated carbocycles. The molecule has 1 aliphatic heterocycles. The third-order valence-corrected chi connectivity index (χ3v) is 4.99. The van der Waals surface area contributed by atoms with Crippen LogP contribution in [0, 0.1) is 11.2 Å².